The van der Waals surface area contributed by atoms with Gasteiger partial charge in [-0.3, -0.25) is 9.59 Å². The van der Waals surface area contributed by atoms with Gasteiger partial charge in [0, 0.05) is 16.8 Å². The first-order valence-electron chi connectivity index (χ1n) is 12.2. The van der Waals surface area contributed by atoms with Crippen LogP contribution in [0.4, 0.5) is 10.5 Å². The van der Waals surface area contributed by atoms with Gasteiger partial charge in [-0.2, -0.15) is 0 Å². The number of aliphatic hydroxyl groups excluding tert-OH is 1. The first kappa shape index (κ1) is 29.6. The third-order valence-corrected chi connectivity index (χ3v) is 5.60. The normalized spacial score (nSPS) is 13.3. The maximum atomic E-state index is 13.9. The van der Waals surface area contributed by atoms with Crippen molar-refractivity contribution in [3.05, 3.63) is 59.2 Å². The van der Waals surface area contributed by atoms with Crippen LogP contribution in [0.2, 0.25) is 0 Å². The fraction of sp³-hybridized carbons (Fsp3) is 0.464. The molecule has 0 fully saturated rings. The fourth-order valence-electron chi connectivity index (χ4n) is 3.86. The summed E-state index contributed by atoms with van der Waals surface area (Å²) < 4.78 is 5.25. The number of phenolic OH excluding ortho intramolecular Hbond substituents is 1. The van der Waals surface area contributed by atoms with Crippen LogP contribution in [0.5, 0.6) is 5.75 Å². The van der Waals surface area contributed by atoms with Crippen molar-refractivity contribution in [1.82, 2.24) is 10.2 Å². The number of alkyl carbamates (subject to hydrolysis) is 1. The minimum atomic E-state index is -1.39. The molecule has 0 saturated carbocycles. The zero-order valence-electron chi connectivity index (χ0n) is 22.9. The Kier molecular flexibility index (Phi) is 9.33. The standard InChI is InChI=1S/C28H39N3O6/c1-17-12-9-10-15-20(17)29-24(34)22(19-14-11-13-18(2)23(19)33)31(27(3,4)5)25(35)21(16-32)30-26(36)37-28(6,7)8/h9-15,21-22,32-33H,16H2,1-8H3,(H,29,34)(H,30,36). The predicted octanol–water partition coefficient (Wildman–Crippen LogP) is 4.20. The lowest BCUT2D eigenvalue weighted by Gasteiger charge is -2.43. The summed E-state index contributed by atoms with van der Waals surface area (Å²) in [5.74, 6) is -1.41. The maximum Gasteiger partial charge on any atom is 0.408 e. The third kappa shape index (κ3) is 7.69. The van der Waals surface area contributed by atoms with Gasteiger partial charge < -0.3 is 30.5 Å². The number of nitrogens with one attached hydrogen (secondary N) is 2. The average molecular weight is 514 g/mol. The van der Waals surface area contributed by atoms with E-state index in [1.54, 1.807) is 78.8 Å². The molecule has 0 aromatic heterocycles. The Labute approximate surface area is 218 Å². The lowest BCUT2D eigenvalue weighted by Crippen LogP contribution is -2.59. The number of benzene rings is 2. The molecule has 0 radical (unpaired) electrons. The molecule has 2 atom stereocenters. The lowest BCUT2D eigenvalue weighted by molar-refractivity contribution is -0.147. The molecular formula is C28H39N3O6. The van der Waals surface area contributed by atoms with Crippen molar-refractivity contribution in [2.24, 2.45) is 0 Å². The summed E-state index contributed by atoms with van der Waals surface area (Å²) in [7, 11) is 0. The quantitative estimate of drug-likeness (QED) is 0.439. The Balaban J connectivity index is 2.60. The number of phenols is 1. The Morgan fingerprint density at radius 2 is 1.54 bits per heavy atom. The predicted molar refractivity (Wildman–Crippen MR) is 142 cm³/mol. The number of amides is 3. The van der Waals surface area contributed by atoms with E-state index in [0.717, 1.165) is 5.56 Å². The Morgan fingerprint density at radius 1 is 0.946 bits per heavy atom. The van der Waals surface area contributed by atoms with E-state index in [-0.39, 0.29) is 11.3 Å². The van der Waals surface area contributed by atoms with Crippen molar-refractivity contribution in [3.63, 3.8) is 0 Å². The number of aryl methyl sites for hydroxylation is 2. The van der Waals surface area contributed by atoms with Gasteiger partial charge in [-0.05, 0) is 72.6 Å². The van der Waals surface area contributed by atoms with Crippen molar-refractivity contribution < 1.29 is 29.3 Å². The average Bonchev–Trinajstić information content (AvgIpc) is 2.77. The second-order valence-electron chi connectivity index (χ2n) is 11.0. The van der Waals surface area contributed by atoms with Crippen LogP contribution in [0.25, 0.3) is 0 Å². The molecule has 2 aromatic rings. The van der Waals surface area contributed by atoms with Crippen LogP contribution < -0.4 is 10.6 Å². The molecule has 0 bridgehead atoms. The molecule has 2 rings (SSSR count). The summed E-state index contributed by atoms with van der Waals surface area (Å²) in [6.45, 7) is 13.0. The minimum Gasteiger partial charge on any atom is -0.507 e. The van der Waals surface area contributed by atoms with Crippen LogP contribution >= 0.6 is 0 Å². The molecule has 3 amide bonds. The zero-order valence-corrected chi connectivity index (χ0v) is 22.9. The number of carbonyl (C=O) groups is 3. The Bertz CT molecular complexity index is 1130. The number of ether oxygens (including phenoxy) is 1. The van der Waals surface area contributed by atoms with Gasteiger partial charge in [-0.1, -0.05) is 36.4 Å². The van der Waals surface area contributed by atoms with E-state index in [1.165, 1.54) is 4.90 Å². The van der Waals surface area contributed by atoms with Crippen molar-refractivity contribution in [2.75, 3.05) is 11.9 Å². The molecule has 9 heteroatoms. The second-order valence-corrected chi connectivity index (χ2v) is 11.0. The van der Waals surface area contributed by atoms with Crippen molar-refractivity contribution in [3.8, 4) is 5.75 Å². The van der Waals surface area contributed by atoms with Gasteiger partial charge in [0.2, 0.25) is 5.91 Å². The first-order valence-corrected chi connectivity index (χ1v) is 12.2. The second kappa shape index (κ2) is 11.6. The zero-order chi connectivity index (χ0) is 28.1. The highest BCUT2D eigenvalue weighted by atomic mass is 16.6. The molecule has 0 saturated heterocycles. The Hall–Kier alpha value is -3.59. The van der Waals surface area contributed by atoms with Crippen LogP contribution in [0.3, 0.4) is 0 Å². The smallest absolute Gasteiger partial charge is 0.408 e. The van der Waals surface area contributed by atoms with E-state index in [2.05, 4.69) is 10.6 Å². The summed E-state index contributed by atoms with van der Waals surface area (Å²) in [6.07, 6.45) is -0.881. The topological polar surface area (TPSA) is 128 Å². The number of rotatable bonds is 7. The minimum absolute atomic E-state index is 0.130. The third-order valence-electron chi connectivity index (χ3n) is 5.60. The van der Waals surface area contributed by atoms with Gasteiger partial charge in [0.15, 0.2) is 0 Å². The molecule has 9 nitrogen and oxygen atoms in total. The van der Waals surface area contributed by atoms with Crippen LogP contribution in [0.1, 0.15) is 64.3 Å². The molecule has 0 aliphatic heterocycles. The van der Waals surface area contributed by atoms with Gasteiger partial charge in [0.05, 0.1) is 6.61 Å². The van der Waals surface area contributed by atoms with E-state index >= 15 is 0 Å². The molecule has 202 valence electrons. The molecule has 2 aromatic carbocycles. The van der Waals surface area contributed by atoms with Crippen LogP contribution in [0, 0.1) is 13.8 Å². The maximum absolute atomic E-state index is 13.9. The number of aliphatic hydroxyl groups is 1. The van der Waals surface area contributed by atoms with E-state index in [0.29, 0.717) is 11.3 Å². The largest absolute Gasteiger partial charge is 0.507 e. The van der Waals surface area contributed by atoms with Crippen LogP contribution in [-0.4, -0.2) is 56.8 Å². The monoisotopic (exact) mass is 513 g/mol. The molecule has 0 aliphatic rings. The van der Waals surface area contributed by atoms with Crippen LogP contribution in [-0.2, 0) is 14.3 Å². The van der Waals surface area contributed by atoms with Gasteiger partial charge in [-0.15, -0.1) is 0 Å². The Morgan fingerprint density at radius 3 is 2.08 bits per heavy atom. The van der Waals surface area contributed by atoms with Crippen molar-refractivity contribution >= 4 is 23.6 Å². The molecule has 2 unspecified atom stereocenters. The number of anilines is 1. The summed E-state index contributed by atoms with van der Waals surface area (Å²) in [6, 6.07) is 9.47. The summed E-state index contributed by atoms with van der Waals surface area (Å²) in [4.78, 5) is 41.4. The van der Waals surface area contributed by atoms with E-state index in [4.69, 9.17) is 4.74 Å². The van der Waals surface area contributed by atoms with Crippen molar-refractivity contribution in [2.45, 2.75) is 78.6 Å². The molecule has 37 heavy (non-hydrogen) atoms. The number of hydrogen-bond donors (Lipinski definition) is 4. The number of carbonyl (C=O) groups excluding carboxylic acids is 3. The molecule has 0 heterocycles. The summed E-state index contributed by atoms with van der Waals surface area (Å²) in [5.41, 5.74) is 0.319. The summed E-state index contributed by atoms with van der Waals surface area (Å²) in [5, 5.41) is 26.3. The number of para-hydroxylation sites is 2. The first-order chi connectivity index (χ1) is 17.1. The molecular weight excluding hydrogens is 474 g/mol. The van der Waals surface area contributed by atoms with E-state index in [9.17, 15) is 24.6 Å². The lowest BCUT2D eigenvalue weighted by atomic mass is 9.93. The highest BCUT2D eigenvalue weighted by Crippen LogP contribution is 2.36. The van der Waals surface area contributed by atoms with E-state index in [1.807, 2.05) is 19.1 Å². The van der Waals surface area contributed by atoms with E-state index < -0.39 is 47.7 Å². The number of hydrogen-bond acceptors (Lipinski definition) is 6. The molecule has 0 aliphatic carbocycles. The van der Waals surface area contributed by atoms with Gasteiger partial charge in [0.1, 0.15) is 23.4 Å². The molecule has 4 N–H and O–H groups in total. The van der Waals surface area contributed by atoms with Gasteiger partial charge in [0.25, 0.3) is 5.91 Å². The molecule has 0 spiro atoms. The highest BCUT2D eigenvalue weighted by Gasteiger charge is 2.43. The van der Waals surface area contributed by atoms with Gasteiger partial charge in [-0.25, -0.2) is 4.79 Å². The number of nitrogens with zero attached hydrogens (tertiary/aromatic N) is 1. The van der Waals surface area contributed by atoms with Crippen molar-refractivity contribution in [1.29, 1.82) is 0 Å². The van der Waals surface area contributed by atoms with Gasteiger partial charge >= 0.3 is 6.09 Å². The van der Waals surface area contributed by atoms with Crippen LogP contribution in [0.15, 0.2) is 42.5 Å². The highest BCUT2D eigenvalue weighted by molar-refractivity contribution is 6.00. The SMILES string of the molecule is Cc1ccccc1NC(=O)C(c1cccc(C)c1O)N(C(=O)C(CO)NC(=O)OC(C)(C)C)C(C)(C)C. The fourth-order valence-corrected chi connectivity index (χ4v) is 3.86. The summed E-state index contributed by atoms with van der Waals surface area (Å²) >= 11 is 0. The number of aromatic hydroxyl groups is 1.